The van der Waals surface area contributed by atoms with Gasteiger partial charge in [-0.2, -0.15) is 0 Å². The lowest BCUT2D eigenvalue weighted by molar-refractivity contribution is -0.119. The average Bonchev–Trinajstić information content (AvgIpc) is 2.73. The number of nitrogens with one attached hydrogen (secondary N) is 1. The Balaban J connectivity index is 2.06. The summed E-state index contributed by atoms with van der Waals surface area (Å²) in [5.41, 5.74) is 2.51. The van der Waals surface area contributed by atoms with Crippen LogP contribution in [0, 0.1) is 5.92 Å². The van der Waals surface area contributed by atoms with Crippen LogP contribution in [0.4, 0.5) is 0 Å². The fourth-order valence-electron chi connectivity index (χ4n) is 2.77. The normalized spacial score (nSPS) is 27.1. The Hall–Kier alpha value is -1.51. The number of methoxy groups -OCH3 is 1. The highest BCUT2D eigenvalue weighted by molar-refractivity contribution is 5.80. The van der Waals surface area contributed by atoms with Gasteiger partial charge in [-0.3, -0.25) is 4.79 Å². The molecule has 1 aliphatic carbocycles. The van der Waals surface area contributed by atoms with Gasteiger partial charge in [0.25, 0.3) is 0 Å². The molecule has 0 saturated carbocycles. The largest absolute Gasteiger partial charge is 0.496 e. The second kappa shape index (κ2) is 2.99. The highest BCUT2D eigenvalue weighted by Crippen LogP contribution is 2.44. The van der Waals surface area contributed by atoms with Crippen molar-refractivity contribution in [1.82, 2.24) is 5.32 Å². The van der Waals surface area contributed by atoms with Gasteiger partial charge in [0.05, 0.1) is 13.2 Å². The van der Waals surface area contributed by atoms with Crippen LogP contribution in [0.2, 0.25) is 0 Å². The van der Waals surface area contributed by atoms with Gasteiger partial charge >= 0.3 is 0 Å². The average molecular weight is 203 g/mol. The van der Waals surface area contributed by atoms with Gasteiger partial charge in [0.2, 0.25) is 5.91 Å². The molecule has 3 heteroatoms. The fourth-order valence-corrected chi connectivity index (χ4v) is 2.77. The van der Waals surface area contributed by atoms with Gasteiger partial charge in [0.1, 0.15) is 5.75 Å². The maximum Gasteiger partial charge on any atom is 0.220 e. The van der Waals surface area contributed by atoms with Crippen LogP contribution < -0.4 is 10.1 Å². The first-order valence-corrected chi connectivity index (χ1v) is 5.24. The molecule has 1 fully saturated rings. The first-order chi connectivity index (χ1) is 7.29. The maximum atomic E-state index is 11.3. The Morgan fingerprint density at radius 1 is 1.40 bits per heavy atom. The molecule has 15 heavy (non-hydrogen) atoms. The number of ether oxygens (including phenoxy) is 1. The van der Waals surface area contributed by atoms with Gasteiger partial charge in [-0.15, -0.1) is 0 Å². The van der Waals surface area contributed by atoms with Crippen molar-refractivity contribution in [3.05, 3.63) is 29.3 Å². The van der Waals surface area contributed by atoms with E-state index in [9.17, 15) is 4.79 Å². The van der Waals surface area contributed by atoms with Crippen molar-refractivity contribution >= 4 is 5.91 Å². The molecular formula is C12H13NO2. The van der Waals surface area contributed by atoms with Gasteiger partial charge in [-0.1, -0.05) is 12.1 Å². The molecule has 78 valence electrons. The number of hydrogen-bond acceptors (Lipinski definition) is 2. The predicted molar refractivity (Wildman–Crippen MR) is 55.7 cm³/mol. The smallest absolute Gasteiger partial charge is 0.220 e. The van der Waals surface area contributed by atoms with E-state index in [0.717, 1.165) is 12.2 Å². The van der Waals surface area contributed by atoms with E-state index in [2.05, 4.69) is 11.4 Å². The Morgan fingerprint density at radius 3 is 3.07 bits per heavy atom. The molecule has 1 N–H and O–H groups in total. The van der Waals surface area contributed by atoms with E-state index in [0.29, 0.717) is 12.3 Å². The molecule has 0 radical (unpaired) electrons. The predicted octanol–water partition coefficient (Wildman–Crippen LogP) is 1.43. The molecule has 1 aromatic carbocycles. The quantitative estimate of drug-likeness (QED) is 0.749. The van der Waals surface area contributed by atoms with Crippen molar-refractivity contribution in [1.29, 1.82) is 0 Å². The minimum absolute atomic E-state index is 0.179. The summed E-state index contributed by atoms with van der Waals surface area (Å²) in [7, 11) is 1.70. The number of benzene rings is 1. The number of carbonyl (C=O) groups is 1. The number of carbonyl (C=O) groups excluding carboxylic acids is 1. The van der Waals surface area contributed by atoms with Crippen LogP contribution in [0.1, 0.15) is 23.6 Å². The summed E-state index contributed by atoms with van der Waals surface area (Å²) in [6.45, 7) is 0. The minimum Gasteiger partial charge on any atom is -0.496 e. The lowest BCUT2D eigenvalue weighted by Gasteiger charge is -2.10. The molecule has 0 aromatic heterocycles. The third-order valence-electron chi connectivity index (χ3n) is 3.43. The molecule has 1 aliphatic heterocycles. The van der Waals surface area contributed by atoms with Crippen LogP contribution in [0.3, 0.4) is 0 Å². The van der Waals surface area contributed by atoms with Gasteiger partial charge in [-0.05, 0) is 29.5 Å². The molecular weight excluding hydrogens is 190 g/mol. The SMILES string of the molecule is COc1cccc2c1CC1CC(=O)NC21. The third-order valence-corrected chi connectivity index (χ3v) is 3.43. The van der Waals surface area contributed by atoms with E-state index in [1.54, 1.807) is 7.11 Å². The third kappa shape index (κ3) is 1.16. The van der Waals surface area contributed by atoms with Crippen molar-refractivity contribution < 1.29 is 9.53 Å². The molecule has 1 amide bonds. The van der Waals surface area contributed by atoms with Crippen LogP contribution in [-0.4, -0.2) is 13.0 Å². The van der Waals surface area contributed by atoms with E-state index in [1.807, 2.05) is 12.1 Å². The Labute approximate surface area is 88.4 Å². The van der Waals surface area contributed by atoms with Gasteiger partial charge in [0, 0.05) is 6.42 Å². The molecule has 1 heterocycles. The zero-order valence-electron chi connectivity index (χ0n) is 8.62. The number of hydrogen-bond donors (Lipinski definition) is 1. The molecule has 3 nitrogen and oxygen atoms in total. The van der Waals surface area contributed by atoms with Crippen LogP contribution in [-0.2, 0) is 11.2 Å². The highest BCUT2D eigenvalue weighted by Gasteiger charge is 2.40. The second-order valence-electron chi connectivity index (χ2n) is 4.24. The summed E-state index contributed by atoms with van der Waals surface area (Å²) in [4.78, 5) is 11.3. The van der Waals surface area contributed by atoms with E-state index >= 15 is 0 Å². The summed E-state index contributed by atoms with van der Waals surface area (Å²) in [5, 5.41) is 3.03. The highest BCUT2D eigenvalue weighted by atomic mass is 16.5. The number of amides is 1. The first kappa shape index (κ1) is 8.77. The van der Waals surface area contributed by atoms with Crippen molar-refractivity contribution in [2.45, 2.75) is 18.9 Å². The van der Waals surface area contributed by atoms with Crippen LogP contribution in [0.25, 0.3) is 0 Å². The van der Waals surface area contributed by atoms with Crippen LogP contribution >= 0.6 is 0 Å². The topological polar surface area (TPSA) is 38.3 Å². The molecule has 3 rings (SSSR count). The van der Waals surface area contributed by atoms with Crippen molar-refractivity contribution in [3.63, 3.8) is 0 Å². The molecule has 2 unspecified atom stereocenters. The summed E-state index contributed by atoms with van der Waals surface area (Å²) in [6.07, 6.45) is 1.62. The molecule has 1 aromatic rings. The van der Waals surface area contributed by atoms with Crippen LogP contribution in [0.5, 0.6) is 5.75 Å². The van der Waals surface area contributed by atoms with Gasteiger partial charge < -0.3 is 10.1 Å². The summed E-state index contributed by atoms with van der Waals surface area (Å²) >= 11 is 0. The van der Waals surface area contributed by atoms with E-state index in [4.69, 9.17) is 4.74 Å². The molecule has 1 saturated heterocycles. The Bertz CT molecular complexity index is 428. The second-order valence-corrected chi connectivity index (χ2v) is 4.24. The van der Waals surface area contributed by atoms with E-state index in [1.165, 1.54) is 11.1 Å². The lowest BCUT2D eigenvalue weighted by Crippen LogP contribution is -2.18. The molecule has 0 spiro atoms. The molecule has 2 aliphatic rings. The lowest BCUT2D eigenvalue weighted by atomic mass is 10.0. The van der Waals surface area contributed by atoms with Crippen molar-refractivity contribution in [2.24, 2.45) is 5.92 Å². The van der Waals surface area contributed by atoms with Crippen LogP contribution in [0.15, 0.2) is 18.2 Å². The summed E-state index contributed by atoms with van der Waals surface area (Å²) in [6, 6.07) is 6.29. The number of fused-ring (bicyclic) bond motifs is 3. The fraction of sp³-hybridized carbons (Fsp3) is 0.417. The zero-order valence-corrected chi connectivity index (χ0v) is 8.62. The zero-order chi connectivity index (χ0) is 10.4. The van der Waals surface area contributed by atoms with Crippen molar-refractivity contribution in [3.8, 4) is 5.75 Å². The van der Waals surface area contributed by atoms with E-state index < -0.39 is 0 Å². The molecule has 2 atom stereocenters. The molecule has 0 bridgehead atoms. The van der Waals surface area contributed by atoms with Gasteiger partial charge in [-0.25, -0.2) is 0 Å². The summed E-state index contributed by atoms with van der Waals surface area (Å²) < 4.78 is 5.34. The summed E-state index contributed by atoms with van der Waals surface area (Å²) in [5.74, 6) is 1.57. The maximum absolute atomic E-state index is 11.3. The number of rotatable bonds is 1. The minimum atomic E-state index is 0.179. The monoisotopic (exact) mass is 203 g/mol. The standard InChI is InChI=1S/C12H13NO2/c1-15-10-4-2-3-8-9(10)5-7-6-11(14)13-12(7)8/h2-4,7,12H,5-6H2,1H3,(H,13,14). The Kier molecular flexibility index (Phi) is 1.75. The Morgan fingerprint density at radius 2 is 2.27 bits per heavy atom. The van der Waals surface area contributed by atoms with Crippen molar-refractivity contribution in [2.75, 3.05) is 7.11 Å². The first-order valence-electron chi connectivity index (χ1n) is 5.24. The van der Waals surface area contributed by atoms with Gasteiger partial charge in [0.15, 0.2) is 0 Å². The van der Waals surface area contributed by atoms with E-state index in [-0.39, 0.29) is 11.9 Å².